The summed E-state index contributed by atoms with van der Waals surface area (Å²) in [7, 11) is 0. The summed E-state index contributed by atoms with van der Waals surface area (Å²) in [5.74, 6) is 2.45. The van der Waals surface area contributed by atoms with Crippen molar-refractivity contribution in [2.24, 2.45) is 5.41 Å². The van der Waals surface area contributed by atoms with Gasteiger partial charge in [0.15, 0.2) is 0 Å². The fraction of sp³-hybridized carbons (Fsp3) is 1.00. The number of rotatable bonds is 9. The maximum Gasteiger partial charge on any atom is 0.0536 e. The first-order valence-electron chi connectivity index (χ1n) is 6.30. The molecule has 1 heterocycles. The highest BCUT2D eigenvalue weighted by Gasteiger charge is 2.33. The van der Waals surface area contributed by atoms with Gasteiger partial charge in [-0.1, -0.05) is 6.92 Å². The Morgan fingerprint density at radius 1 is 1.50 bits per heavy atom. The summed E-state index contributed by atoms with van der Waals surface area (Å²) in [5, 5.41) is 12.6. The number of thioether (sulfide) groups is 1. The minimum absolute atomic E-state index is 0.201. The summed E-state index contributed by atoms with van der Waals surface area (Å²) in [6, 6.07) is 0. The van der Waals surface area contributed by atoms with E-state index in [0.29, 0.717) is 0 Å². The quantitative estimate of drug-likeness (QED) is 0.606. The summed E-state index contributed by atoms with van der Waals surface area (Å²) in [6.07, 6.45) is 3.18. The molecule has 0 saturated carbocycles. The van der Waals surface area contributed by atoms with Crippen molar-refractivity contribution in [3.63, 3.8) is 0 Å². The van der Waals surface area contributed by atoms with Crippen LogP contribution in [0.25, 0.3) is 0 Å². The second-order valence-electron chi connectivity index (χ2n) is 4.50. The Hall–Kier alpha value is 0.230. The molecule has 0 aromatic carbocycles. The molecule has 1 rings (SSSR count). The molecule has 16 heavy (non-hydrogen) atoms. The van der Waals surface area contributed by atoms with Crippen LogP contribution in [0.5, 0.6) is 0 Å². The standard InChI is InChI=1S/C12H25NO2S/c1-2-16-9-3-6-13-10-12(4-7-14)5-8-15-11-12/h13-14H,2-11H2,1H3. The van der Waals surface area contributed by atoms with Crippen LogP contribution in [0.3, 0.4) is 0 Å². The van der Waals surface area contributed by atoms with Crippen LogP contribution >= 0.6 is 11.8 Å². The summed E-state index contributed by atoms with van der Waals surface area (Å²) in [4.78, 5) is 0. The van der Waals surface area contributed by atoms with Gasteiger partial charge in [-0.05, 0) is 37.3 Å². The zero-order valence-corrected chi connectivity index (χ0v) is 11.2. The van der Waals surface area contributed by atoms with Crippen molar-refractivity contribution >= 4 is 11.8 Å². The first-order chi connectivity index (χ1) is 7.83. The van der Waals surface area contributed by atoms with Crippen molar-refractivity contribution < 1.29 is 9.84 Å². The van der Waals surface area contributed by atoms with Crippen LogP contribution in [-0.2, 0) is 4.74 Å². The smallest absolute Gasteiger partial charge is 0.0536 e. The highest BCUT2D eigenvalue weighted by molar-refractivity contribution is 7.99. The maximum absolute atomic E-state index is 9.08. The Morgan fingerprint density at radius 3 is 3.00 bits per heavy atom. The van der Waals surface area contributed by atoms with Gasteiger partial charge in [-0.3, -0.25) is 0 Å². The zero-order chi connectivity index (χ0) is 11.7. The molecule has 1 unspecified atom stereocenters. The molecule has 2 N–H and O–H groups in total. The molecule has 1 atom stereocenters. The van der Waals surface area contributed by atoms with E-state index in [-0.39, 0.29) is 12.0 Å². The van der Waals surface area contributed by atoms with Gasteiger partial charge in [0, 0.05) is 25.2 Å². The predicted molar refractivity (Wildman–Crippen MR) is 70.1 cm³/mol. The van der Waals surface area contributed by atoms with Gasteiger partial charge in [-0.15, -0.1) is 0 Å². The molecule has 1 fully saturated rings. The van der Waals surface area contributed by atoms with Gasteiger partial charge in [-0.2, -0.15) is 11.8 Å². The number of hydrogen-bond acceptors (Lipinski definition) is 4. The molecule has 0 aromatic rings. The van der Waals surface area contributed by atoms with E-state index in [2.05, 4.69) is 12.2 Å². The molecule has 1 aliphatic rings. The highest BCUT2D eigenvalue weighted by atomic mass is 32.2. The normalized spacial score (nSPS) is 25.1. The predicted octanol–water partition coefficient (Wildman–Crippen LogP) is 1.51. The van der Waals surface area contributed by atoms with Gasteiger partial charge < -0.3 is 15.2 Å². The van der Waals surface area contributed by atoms with Gasteiger partial charge in [0.2, 0.25) is 0 Å². The summed E-state index contributed by atoms with van der Waals surface area (Å²) < 4.78 is 5.45. The lowest BCUT2D eigenvalue weighted by molar-refractivity contribution is 0.124. The van der Waals surface area contributed by atoms with Crippen LogP contribution < -0.4 is 5.32 Å². The largest absolute Gasteiger partial charge is 0.396 e. The lowest BCUT2D eigenvalue weighted by atomic mass is 9.84. The third-order valence-electron chi connectivity index (χ3n) is 3.17. The van der Waals surface area contributed by atoms with Crippen molar-refractivity contribution in [1.82, 2.24) is 5.32 Å². The van der Waals surface area contributed by atoms with Gasteiger partial charge in [0.1, 0.15) is 0 Å². The van der Waals surface area contributed by atoms with Crippen LogP contribution in [0, 0.1) is 5.41 Å². The van der Waals surface area contributed by atoms with Crippen molar-refractivity contribution in [2.45, 2.75) is 26.2 Å². The Balaban J connectivity index is 2.08. The second kappa shape index (κ2) is 8.34. The molecule has 0 bridgehead atoms. The van der Waals surface area contributed by atoms with E-state index >= 15 is 0 Å². The van der Waals surface area contributed by atoms with E-state index in [1.165, 1.54) is 17.9 Å². The average Bonchev–Trinajstić information content (AvgIpc) is 2.73. The van der Waals surface area contributed by atoms with Crippen molar-refractivity contribution in [3.05, 3.63) is 0 Å². The van der Waals surface area contributed by atoms with Crippen molar-refractivity contribution in [1.29, 1.82) is 0 Å². The highest BCUT2D eigenvalue weighted by Crippen LogP contribution is 2.31. The number of hydrogen-bond donors (Lipinski definition) is 2. The number of nitrogens with one attached hydrogen (secondary N) is 1. The molecule has 0 spiro atoms. The van der Waals surface area contributed by atoms with Gasteiger partial charge in [0.05, 0.1) is 6.61 Å². The fourth-order valence-corrected chi connectivity index (χ4v) is 2.75. The summed E-state index contributed by atoms with van der Waals surface area (Å²) in [6.45, 7) is 6.21. The van der Waals surface area contributed by atoms with E-state index in [1.807, 2.05) is 11.8 Å². The topological polar surface area (TPSA) is 41.5 Å². The maximum atomic E-state index is 9.08. The van der Waals surface area contributed by atoms with Crippen LogP contribution in [-0.4, -0.2) is 49.5 Å². The molecule has 1 saturated heterocycles. The van der Waals surface area contributed by atoms with E-state index < -0.39 is 0 Å². The SMILES string of the molecule is CCSCCCNCC1(CCO)CCOC1. The first kappa shape index (κ1) is 14.3. The van der Waals surface area contributed by atoms with Crippen molar-refractivity contribution in [3.8, 4) is 0 Å². The monoisotopic (exact) mass is 247 g/mol. The minimum Gasteiger partial charge on any atom is -0.396 e. The molecule has 0 amide bonds. The van der Waals surface area contributed by atoms with E-state index in [0.717, 1.165) is 39.1 Å². The summed E-state index contributed by atoms with van der Waals surface area (Å²) in [5.41, 5.74) is 0.201. The first-order valence-corrected chi connectivity index (χ1v) is 7.45. The number of aliphatic hydroxyl groups is 1. The molecular formula is C12H25NO2S. The van der Waals surface area contributed by atoms with E-state index in [1.54, 1.807) is 0 Å². The van der Waals surface area contributed by atoms with Gasteiger partial charge in [-0.25, -0.2) is 0 Å². The second-order valence-corrected chi connectivity index (χ2v) is 5.90. The Labute approximate surface area is 103 Å². The molecule has 1 aliphatic heterocycles. The average molecular weight is 247 g/mol. The Bertz CT molecular complexity index is 172. The lowest BCUT2D eigenvalue weighted by Gasteiger charge is -2.26. The van der Waals surface area contributed by atoms with Gasteiger partial charge >= 0.3 is 0 Å². The Morgan fingerprint density at radius 2 is 2.38 bits per heavy atom. The third-order valence-corrected chi connectivity index (χ3v) is 4.16. The summed E-state index contributed by atoms with van der Waals surface area (Å²) >= 11 is 2.00. The van der Waals surface area contributed by atoms with Crippen LogP contribution in [0.15, 0.2) is 0 Å². The number of ether oxygens (including phenoxy) is 1. The molecule has 0 radical (unpaired) electrons. The fourth-order valence-electron chi connectivity index (χ4n) is 2.11. The van der Waals surface area contributed by atoms with Crippen molar-refractivity contribution in [2.75, 3.05) is 44.4 Å². The molecule has 0 aromatic heterocycles. The van der Waals surface area contributed by atoms with E-state index in [4.69, 9.17) is 9.84 Å². The zero-order valence-electron chi connectivity index (χ0n) is 10.3. The van der Waals surface area contributed by atoms with E-state index in [9.17, 15) is 0 Å². The molecule has 0 aliphatic carbocycles. The third kappa shape index (κ3) is 5.04. The van der Waals surface area contributed by atoms with Crippen LogP contribution in [0.4, 0.5) is 0 Å². The molecule has 3 nitrogen and oxygen atoms in total. The van der Waals surface area contributed by atoms with Crippen LogP contribution in [0.1, 0.15) is 26.2 Å². The lowest BCUT2D eigenvalue weighted by Crippen LogP contribution is -2.36. The van der Waals surface area contributed by atoms with Crippen LogP contribution in [0.2, 0.25) is 0 Å². The molecule has 96 valence electrons. The number of aliphatic hydroxyl groups excluding tert-OH is 1. The Kier molecular flexibility index (Phi) is 7.45. The van der Waals surface area contributed by atoms with Gasteiger partial charge in [0.25, 0.3) is 0 Å². The molecule has 4 heteroatoms. The minimum atomic E-state index is 0.201. The molecular weight excluding hydrogens is 222 g/mol.